The van der Waals surface area contributed by atoms with Gasteiger partial charge in [0.1, 0.15) is 0 Å². The topological polar surface area (TPSA) is 56.7 Å². The van der Waals surface area contributed by atoms with Crippen molar-refractivity contribution in [3.63, 3.8) is 0 Å². The number of nitrogens with zero attached hydrogens (tertiary/aromatic N) is 3. The van der Waals surface area contributed by atoms with Crippen LogP contribution in [-0.4, -0.2) is 52.7 Å². The van der Waals surface area contributed by atoms with Gasteiger partial charge in [-0.1, -0.05) is 0 Å². The first-order chi connectivity index (χ1) is 10.1. The van der Waals surface area contributed by atoms with Gasteiger partial charge in [0.25, 0.3) is 5.91 Å². The molecule has 3 heterocycles. The van der Waals surface area contributed by atoms with Crippen LogP contribution in [0.2, 0.25) is 0 Å². The van der Waals surface area contributed by atoms with E-state index < -0.39 is 11.4 Å². The zero-order valence-electron chi connectivity index (χ0n) is 12.0. The highest BCUT2D eigenvalue weighted by atomic mass is 19.1. The van der Waals surface area contributed by atoms with E-state index in [9.17, 15) is 14.3 Å². The Morgan fingerprint density at radius 2 is 2.05 bits per heavy atom. The van der Waals surface area contributed by atoms with Crippen molar-refractivity contribution in [3.05, 3.63) is 24.1 Å². The Hall–Kier alpha value is -1.69. The van der Waals surface area contributed by atoms with Gasteiger partial charge < -0.3 is 14.9 Å². The summed E-state index contributed by atoms with van der Waals surface area (Å²) in [7, 11) is 0. The monoisotopic (exact) mass is 293 g/mol. The van der Waals surface area contributed by atoms with Crippen LogP contribution in [0.4, 0.5) is 10.2 Å². The largest absolute Gasteiger partial charge is 0.378 e. The predicted molar refractivity (Wildman–Crippen MR) is 76.4 cm³/mol. The number of pyridine rings is 1. The third kappa shape index (κ3) is 2.72. The Bertz CT molecular complexity index is 533. The molecule has 3 rings (SSSR count). The number of β-amino-alcohol motifs (C(OH)–C–C–N with tert-alkyl or cyclic N) is 1. The number of carbonyl (C=O) groups excluding carboxylic acids is 1. The van der Waals surface area contributed by atoms with Gasteiger partial charge in [0.2, 0.25) is 0 Å². The minimum absolute atomic E-state index is 0.107. The Morgan fingerprint density at radius 1 is 1.29 bits per heavy atom. The molecule has 2 aliphatic heterocycles. The molecule has 6 heteroatoms. The van der Waals surface area contributed by atoms with Crippen LogP contribution >= 0.6 is 0 Å². The number of carbonyl (C=O) groups is 1. The van der Waals surface area contributed by atoms with Crippen molar-refractivity contribution in [2.75, 3.05) is 31.1 Å². The first-order valence-electron chi connectivity index (χ1n) is 7.47. The lowest BCUT2D eigenvalue weighted by atomic mass is 9.91. The van der Waals surface area contributed by atoms with Crippen molar-refractivity contribution in [1.82, 2.24) is 9.88 Å². The Kier molecular flexibility index (Phi) is 3.80. The van der Waals surface area contributed by atoms with E-state index in [4.69, 9.17) is 0 Å². The summed E-state index contributed by atoms with van der Waals surface area (Å²) in [6.07, 6.45) is 4.56. The maximum atomic E-state index is 13.8. The summed E-state index contributed by atoms with van der Waals surface area (Å²) in [6.45, 7) is 2.12. The van der Waals surface area contributed by atoms with E-state index in [0.29, 0.717) is 32.5 Å². The quantitative estimate of drug-likeness (QED) is 0.889. The van der Waals surface area contributed by atoms with Crippen LogP contribution in [0.3, 0.4) is 0 Å². The van der Waals surface area contributed by atoms with E-state index >= 15 is 0 Å². The van der Waals surface area contributed by atoms with Crippen LogP contribution in [0.5, 0.6) is 0 Å². The standard InChI is InChI=1S/C15H20FN3O2/c16-12-5-3-7-17-13(12)19-10-4-6-15(21,11-19)14(20)18-8-1-2-9-18/h3,5,7,21H,1-2,4,6,8-11H2. The SMILES string of the molecule is O=C(N1CCCC1)C1(O)CCCN(c2ncccc2F)C1. The van der Waals surface area contributed by atoms with Gasteiger partial charge in [-0.2, -0.15) is 0 Å². The molecule has 1 unspecified atom stereocenters. The first-order valence-corrected chi connectivity index (χ1v) is 7.47. The zero-order valence-corrected chi connectivity index (χ0v) is 12.0. The minimum Gasteiger partial charge on any atom is -0.378 e. The lowest BCUT2D eigenvalue weighted by Crippen LogP contribution is -2.58. The Labute approximate surface area is 123 Å². The number of aromatic nitrogens is 1. The fourth-order valence-corrected chi connectivity index (χ4v) is 3.22. The number of piperidine rings is 1. The molecule has 1 aromatic rings. The fourth-order valence-electron chi connectivity index (χ4n) is 3.22. The van der Waals surface area contributed by atoms with Crippen LogP contribution in [0, 0.1) is 5.82 Å². The number of rotatable bonds is 2. The number of likely N-dealkylation sites (tertiary alicyclic amines) is 1. The minimum atomic E-state index is -1.42. The second-order valence-electron chi connectivity index (χ2n) is 5.86. The van der Waals surface area contributed by atoms with Gasteiger partial charge in [-0.25, -0.2) is 9.37 Å². The summed E-state index contributed by atoms with van der Waals surface area (Å²) in [5.41, 5.74) is -1.42. The van der Waals surface area contributed by atoms with Crippen molar-refractivity contribution in [1.29, 1.82) is 0 Å². The highest BCUT2D eigenvalue weighted by Gasteiger charge is 2.43. The lowest BCUT2D eigenvalue weighted by Gasteiger charge is -2.40. The summed E-state index contributed by atoms with van der Waals surface area (Å²) < 4.78 is 13.8. The third-order valence-corrected chi connectivity index (χ3v) is 4.30. The Balaban J connectivity index is 1.78. The molecule has 1 atom stereocenters. The molecule has 1 amide bonds. The predicted octanol–water partition coefficient (Wildman–Crippen LogP) is 1.17. The maximum Gasteiger partial charge on any atom is 0.256 e. The van der Waals surface area contributed by atoms with Gasteiger partial charge >= 0.3 is 0 Å². The van der Waals surface area contributed by atoms with E-state index in [-0.39, 0.29) is 18.3 Å². The molecule has 2 fully saturated rings. The van der Waals surface area contributed by atoms with Gasteiger partial charge in [0.05, 0.1) is 6.54 Å². The molecule has 2 saturated heterocycles. The van der Waals surface area contributed by atoms with Crippen LogP contribution in [0.1, 0.15) is 25.7 Å². The van der Waals surface area contributed by atoms with Crippen molar-refractivity contribution in [2.45, 2.75) is 31.3 Å². The van der Waals surface area contributed by atoms with Crippen molar-refractivity contribution in [3.8, 4) is 0 Å². The van der Waals surface area contributed by atoms with Crippen LogP contribution < -0.4 is 4.90 Å². The molecule has 0 aliphatic carbocycles. The van der Waals surface area contributed by atoms with Crippen LogP contribution in [0.25, 0.3) is 0 Å². The summed E-state index contributed by atoms with van der Waals surface area (Å²) in [5.74, 6) is -0.429. The lowest BCUT2D eigenvalue weighted by molar-refractivity contribution is -0.151. The van der Waals surface area contributed by atoms with E-state index in [0.717, 1.165) is 12.8 Å². The van der Waals surface area contributed by atoms with Crippen molar-refractivity contribution in [2.24, 2.45) is 0 Å². The smallest absolute Gasteiger partial charge is 0.256 e. The summed E-state index contributed by atoms with van der Waals surface area (Å²) in [6, 6.07) is 2.88. The van der Waals surface area contributed by atoms with E-state index in [2.05, 4.69) is 4.98 Å². The first kappa shape index (κ1) is 14.3. The molecule has 5 nitrogen and oxygen atoms in total. The van der Waals surface area contributed by atoms with Gasteiger partial charge in [-0.3, -0.25) is 4.79 Å². The maximum absolute atomic E-state index is 13.8. The number of halogens is 1. The van der Waals surface area contributed by atoms with Gasteiger partial charge in [-0.15, -0.1) is 0 Å². The second kappa shape index (κ2) is 5.60. The molecule has 2 aliphatic rings. The van der Waals surface area contributed by atoms with Gasteiger partial charge in [0.15, 0.2) is 17.2 Å². The zero-order chi connectivity index (χ0) is 14.9. The van der Waals surface area contributed by atoms with Gasteiger partial charge in [-0.05, 0) is 37.8 Å². The molecular formula is C15H20FN3O2. The van der Waals surface area contributed by atoms with E-state index in [1.54, 1.807) is 9.80 Å². The number of anilines is 1. The third-order valence-electron chi connectivity index (χ3n) is 4.30. The number of hydrogen-bond donors (Lipinski definition) is 1. The molecule has 0 aromatic carbocycles. The second-order valence-corrected chi connectivity index (χ2v) is 5.86. The van der Waals surface area contributed by atoms with Crippen LogP contribution in [-0.2, 0) is 4.79 Å². The number of hydrogen-bond acceptors (Lipinski definition) is 4. The highest BCUT2D eigenvalue weighted by Crippen LogP contribution is 2.28. The molecule has 0 bridgehead atoms. The average Bonchev–Trinajstić information content (AvgIpc) is 3.01. The molecule has 1 N–H and O–H groups in total. The molecule has 114 valence electrons. The summed E-state index contributed by atoms with van der Waals surface area (Å²) >= 11 is 0. The molecule has 21 heavy (non-hydrogen) atoms. The normalized spacial score (nSPS) is 26.2. The summed E-state index contributed by atoms with van der Waals surface area (Å²) in [5, 5.41) is 10.7. The van der Waals surface area contributed by atoms with Crippen molar-refractivity contribution < 1.29 is 14.3 Å². The fraction of sp³-hybridized carbons (Fsp3) is 0.600. The average molecular weight is 293 g/mol. The van der Waals surface area contributed by atoms with Crippen molar-refractivity contribution >= 4 is 11.7 Å². The molecule has 0 radical (unpaired) electrons. The number of amides is 1. The molecule has 0 saturated carbocycles. The van der Waals surface area contributed by atoms with E-state index in [1.807, 2.05) is 0 Å². The highest BCUT2D eigenvalue weighted by molar-refractivity contribution is 5.86. The molecular weight excluding hydrogens is 273 g/mol. The summed E-state index contributed by atoms with van der Waals surface area (Å²) in [4.78, 5) is 20.0. The van der Waals surface area contributed by atoms with Crippen LogP contribution in [0.15, 0.2) is 18.3 Å². The van der Waals surface area contributed by atoms with E-state index in [1.165, 1.54) is 18.3 Å². The van der Waals surface area contributed by atoms with Gasteiger partial charge in [0, 0.05) is 25.8 Å². The Morgan fingerprint density at radius 3 is 2.76 bits per heavy atom. The number of aliphatic hydroxyl groups is 1. The molecule has 1 aromatic heterocycles. The molecule has 0 spiro atoms.